The monoisotopic (exact) mass is 558 g/mol. The number of carbonyl (C=O) groups excluding carboxylic acids is 1. The number of carbonyl (C=O) groups is 1. The zero-order valence-corrected chi connectivity index (χ0v) is 24.5. The molecule has 1 spiro atoms. The van der Waals surface area contributed by atoms with E-state index in [1.165, 1.54) is 12.7 Å². The molecule has 8 nitrogen and oxygen atoms in total. The molecular formula is C32H46O8. The van der Waals surface area contributed by atoms with Crippen molar-refractivity contribution in [1.29, 1.82) is 0 Å². The Morgan fingerprint density at radius 2 is 1.98 bits per heavy atom. The summed E-state index contributed by atoms with van der Waals surface area (Å²) in [5.74, 6) is -1.69. The second-order valence-electron chi connectivity index (χ2n) is 12.6. The molecular weight excluding hydrogens is 512 g/mol. The Balaban J connectivity index is 1.53. The van der Waals surface area contributed by atoms with Gasteiger partial charge in [-0.25, -0.2) is 0 Å². The molecule has 0 saturated carbocycles. The first-order valence-electron chi connectivity index (χ1n) is 14.9. The molecule has 5 aliphatic rings. The van der Waals surface area contributed by atoms with E-state index in [0.29, 0.717) is 36.3 Å². The zero-order valence-electron chi connectivity index (χ0n) is 24.5. The normalized spacial score (nSPS) is 47.8. The van der Waals surface area contributed by atoms with Crippen molar-refractivity contribution < 1.29 is 38.7 Å². The van der Waals surface area contributed by atoms with E-state index in [4.69, 9.17) is 23.7 Å². The summed E-state index contributed by atoms with van der Waals surface area (Å²) in [6.45, 7) is 8.42. The van der Waals surface area contributed by atoms with Crippen LogP contribution in [0.3, 0.4) is 0 Å². The second-order valence-corrected chi connectivity index (χ2v) is 12.6. The van der Waals surface area contributed by atoms with Crippen LogP contribution in [0, 0.1) is 17.8 Å². The topological polar surface area (TPSA) is 104 Å². The molecule has 5 rings (SSSR count). The molecule has 2 N–H and O–H groups in total. The lowest BCUT2D eigenvalue weighted by atomic mass is 9.70. The lowest BCUT2D eigenvalue weighted by Crippen LogP contribution is -2.59. The second kappa shape index (κ2) is 11.8. The first-order valence-corrected chi connectivity index (χ1v) is 14.9. The van der Waals surface area contributed by atoms with Crippen LogP contribution in [0.1, 0.15) is 66.2 Å². The van der Waals surface area contributed by atoms with Crippen LogP contribution in [0.4, 0.5) is 0 Å². The third-order valence-corrected chi connectivity index (χ3v) is 9.57. The van der Waals surface area contributed by atoms with Crippen LogP contribution in [0.2, 0.25) is 0 Å². The SMILES string of the molecule is CO[C@@H]1C(CO)=CC2C(=O)O[C@H]3C[C@@H](C/C=C(\C)C[C@@H](C)/C=C/C=C4\CO[C@H]1[C@@]42O)O[C@@]1(CC[C@H](C)[C@@H](C)O1)C3. The van der Waals surface area contributed by atoms with Gasteiger partial charge in [0, 0.05) is 26.4 Å². The smallest absolute Gasteiger partial charge is 0.316 e. The molecule has 0 radical (unpaired) electrons. The molecule has 222 valence electrons. The summed E-state index contributed by atoms with van der Waals surface area (Å²) < 4.78 is 31.1. The van der Waals surface area contributed by atoms with E-state index in [9.17, 15) is 15.0 Å². The predicted octanol–water partition coefficient (Wildman–Crippen LogP) is 4.16. The van der Waals surface area contributed by atoms with E-state index in [1.54, 1.807) is 6.08 Å². The molecule has 2 bridgehead atoms. The van der Waals surface area contributed by atoms with E-state index in [1.807, 2.05) is 12.2 Å². The van der Waals surface area contributed by atoms with Crippen molar-refractivity contribution in [2.45, 2.75) is 108 Å². The van der Waals surface area contributed by atoms with Gasteiger partial charge in [-0.15, -0.1) is 0 Å². The summed E-state index contributed by atoms with van der Waals surface area (Å²) in [6, 6.07) is 0. The van der Waals surface area contributed by atoms with Gasteiger partial charge in [0.1, 0.15) is 29.8 Å². The highest BCUT2D eigenvalue weighted by Gasteiger charge is 2.61. The van der Waals surface area contributed by atoms with Gasteiger partial charge < -0.3 is 33.9 Å². The maximum Gasteiger partial charge on any atom is 0.316 e. The summed E-state index contributed by atoms with van der Waals surface area (Å²) in [4.78, 5) is 14.0. The Morgan fingerprint density at radius 1 is 1.18 bits per heavy atom. The van der Waals surface area contributed by atoms with Crippen LogP contribution < -0.4 is 0 Å². The number of esters is 1. The lowest BCUT2D eigenvalue weighted by molar-refractivity contribution is -0.332. The summed E-state index contributed by atoms with van der Waals surface area (Å²) in [5.41, 5.74) is 0.710. The molecule has 1 aliphatic carbocycles. The predicted molar refractivity (Wildman–Crippen MR) is 149 cm³/mol. The van der Waals surface area contributed by atoms with E-state index < -0.39 is 41.6 Å². The maximum atomic E-state index is 14.0. The van der Waals surface area contributed by atoms with Gasteiger partial charge in [0.25, 0.3) is 0 Å². The maximum absolute atomic E-state index is 14.0. The Hall–Kier alpha value is -1.81. The zero-order chi connectivity index (χ0) is 28.7. The standard InChI is InChI=1S/C32H46O8/c1-19-7-6-8-24-18-37-29-28(36-5)23(17-33)14-27(32(24,29)35)30(34)38-26-15-25(10-9-20(2)13-19)40-31(16-26)12-11-21(3)22(4)39-31/h6-9,14,19,21-22,25-29,33,35H,10-13,15-18H2,1-5H3/b7-6+,20-9+,24-8+/t19-,21-,22+,25+,26-,27?,28+,29+,31-,32+/m0/s1. The van der Waals surface area contributed by atoms with Crippen LogP contribution in [-0.2, 0) is 28.5 Å². The van der Waals surface area contributed by atoms with Crippen molar-refractivity contribution in [3.05, 3.63) is 47.1 Å². The average Bonchev–Trinajstić information content (AvgIpc) is 3.24. The van der Waals surface area contributed by atoms with Crippen LogP contribution >= 0.6 is 0 Å². The highest BCUT2D eigenvalue weighted by Crippen LogP contribution is 2.47. The number of fused-ring (bicyclic) bond motifs is 2. The number of methoxy groups -OCH3 is 1. The summed E-state index contributed by atoms with van der Waals surface area (Å²) in [7, 11) is 1.52. The molecule has 3 fully saturated rings. The molecule has 3 saturated heterocycles. The lowest BCUT2D eigenvalue weighted by Gasteiger charge is -2.49. The van der Waals surface area contributed by atoms with Crippen molar-refractivity contribution >= 4 is 5.97 Å². The van der Waals surface area contributed by atoms with Crippen LogP contribution in [0.15, 0.2) is 47.1 Å². The van der Waals surface area contributed by atoms with Crippen molar-refractivity contribution in [2.75, 3.05) is 20.3 Å². The van der Waals surface area contributed by atoms with E-state index in [0.717, 1.165) is 19.3 Å². The third-order valence-electron chi connectivity index (χ3n) is 9.57. The largest absolute Gasteiger partial charge is 0.462 e. The molecule has 40 heavy (non-hydrogen) atoms. The molecule has 0 aromatic carbocycles. The number of aliphatic hydroxyl groups is 2. The number of rotatable bonds is 2. The summed E-state index contributed by atoms with van der Waals surface area (Å²) in [6.07, 6.45) is 12.0. The molecule has 1 unspecified atom stereocenters. The van der Waals surface area contributed by atoms with E-state index in [-0.39, 0.29) is 31.3 Å². The van der Waals surface area contributed by atoms with Gasteiger partial charge in [-0.05, 0) is 56.1 Å². The average molecular weight is 559 g/mol. The quantitative estimate of drug-likeness (QED) is 0.385. The number of ether oxygens (including phenoxy) is 5. The van der Waals surface area contributed by atoms with Crippen molar-refractivity contribution in [3.8, 4) is 0 Å². The molecule has 0 aromatic heterocycles. The Kier molecular flexibility index (Phi) is 8.77. The molecule has 8 heteroatoms. The van der Waals surface area contributed by atoms with Gasteiger partial charge in [-0.2, -0.15) is 0 Å². The van der Waals surface area contributed by atoms with Gasteiger partial charge in [0.05, 0.1) is 25.4 Å². The number of hydrogen-bond acceptors (Lipinski definition) is 8. The van der Waals surface area contributed by atoms with Crippen molar-refractivity contribution in [1.82, 2.24) is 0 Å². The molecule has 10 atom stereocenters. The van der Waals surface area contributed by atoms with Crippen LogP contribution in [0.5, 0.6) is 0 Å². The Morgan fingerprint density at radius 3 is 2.70 bits per heavy atom. The van der Waals surface area contributed by atoms with Crippen molar-refractivity contribution in [2.24, 2.45) is 17.8 Å². The fourth-order valence-electron chi connectivity index (χ4n) is 7.16. The van der Waals surface area contributed by atoms with E-state index in [2.05, 4.69) is 39.8 Å². The molecule has 0 aromatic rings. The summed E-state index contributed by atoms with van der Waals surface area (Å²) >= 11 is 0. The first-order chi connectivity index (χ1) is 19.1. The van der Waals surface area contributed by atoms with Gasteiger partial charge in [0.15, 0.2) is 5.79 Å². The van der Waals surface area contributed by atoms with Gasteiger partial charge in [-0.1, -0.05) is 49.8 Å². The summed E-state index contributed by atoms with van der Waals surface area (Å²) in [5, 5.41) is 22.4. The Bertz CT molecular complexity index is 1080. The van der Waals surface area contributed by atoms with Gasteiger partial charge in [0.2, 0.25) is 0 Å². The minimum Gasteiger partial charge on any atom is -0.462 e. The van der Waals surface area contributed by atoms with Crippen LogP contribution in [-0.4, -0.2) is 78.4 Å². The highest BCUT2D eigenvalue weighted by molar-refractivity contribution is 5.78. The fourth-order valence-corrected chi connectivity index (χ4v) is 7.16. The fraction of sp³-hybridized carbons (Fsp3) is 0.719. The minimum absolute atomic E-state index is 0.0378. The highest BCUT2D eigenvalue weighted by atomic mass is 16.7. The number of aliphatic hydroxyl groups excluding tert-OH is 1. The van der Waals surface area contributed by atoms with Gasteiger partial charge >= 0.3 is 5.97 Å². The molecule has 4 heterocycles. The number of allylic oxidation sites excluding steroid dienone is 4. The molecule has 0 amide bonds. The third kappa shape index (κ3) is 5.63. The Labute approximate surface area is 238 Å². The molecule has 4 aliphatic heterocycles. The first kappa shape index (κ1) is 29.7. The number of hydrogen-bond donors (Lipinski definition) is 2. The van der Waals surface area contributed by atoms with Crippen LogP contribution in [0.25, 0.3) is 0 Å². The minimum atomic E-state index is -1.66. The van der Waals surface area contributed by atoms with E-state index >= 15 is 0 Å². The van der Waals surface area contributed by atoms with Gasteiger partial charge in [-0.3, -0.25) is 4.79 Å². The van der Waals surface area contributed by atoms with Crippen molar-refractivity contribution in [3.63, 3.8) is 0 Å².